The Morgan fingerprint density at radius 2 is 2.25 bits per heavy atom. The molecular formula is C7H10O. The number of carbonyl (C=O) groups excluding carboxylic acids is 1. The van der Waals surface area contributed by atoms with Gasteiger partial charge >= 0.3 is 0 Å². The Morgan fingerprint density at radius 1 is 1.62 bits per heavy atom. The molecule has 0 saturated heterocycles. The van der Waals surface area contributed by atoms with Gasteiger partial charge in [0, 0.05) is 5.92 Å². The van der Waals surface area contributed by atoms with Crippen LogP contribution in [0.1, 0.15) is 20.3 Å². The van der Waals surface area contributed by atoms with Crippen molar-refractivity contribution < 1.29 is 4.79 Å². The smallest absolute Gasteiger partial charge is 0.127 e. The lowest BCUT2D eigenvalue weighted by Gasteiger charge is -2.24. The van der Waals surface area contributed by atoms with E-state index in [1.165, 1.54) is 11.1 Å². The number of aldehydes is 1. The van der Waals surface area contributed by atoms with Crippen LogP contribution in [0.15, 0.2) is 11.1 Å². The van der Waals surface area contributed by atoms with Crippen LogP contribution < -0.4 is 0 Å². The van der Waals surface area contributed by atoms with Gasteiger partial charge in [-0.3, -0.25) is 0 Å². The van der Waals surface area contributed by atoms with E-state index in [4.69, 9.17) is 0 Å². The molecule has 1 rings (SSSR count). The highest BCUT2D eigenvalue weighted by molar-refractivity contribution is 5.63. The maximum absolute atomic E-state index is 10.1. The summed E-state index contributed by atoms with van der Waals surface area (Å²) >= 11 is 0. The molecule has 0 N–H and O–H groups in total. The summed E-state index contributed by atoms with van der Waals surface area (Å²) in [5, 5.41) is 0. The van der Waals surface area contributed by atoms with E-state index >= 15 is 0 Å². The summed E-state index contributed by atoms with van der Waals surface area (Å²) in [5.41, 5.74) is 2.67. The number of allylic oxidation sites excluding steroid dienone is 2. The van der Waals surface area contributed by atoms with E-state index in [9.17, 15) is 4.79 Å². The Labute approximate surface area is 49.4 Å². The van der Waals surface area contributed by atoms with Crippen LogP contribution in [0.5, 0.6) is 0 Å². The van der Waals surface area contributed by atoms with Gasteiger partial charge in [-0.15, -0.1) is 0 Å². The van der Waals surface area contributed by atoms with Crippen molar-refractivity contribution in [2.24, 2.45) is 5.92 Å². The number of hydrogen-bond acceptors (Lipinski definition) is 1. The molecule has 0 spiro atoms. The summed E-state index contributed by atoms with van der Waals surface area (Å²) in [6.07, 6.45) is 2.03. The molecule has 0 aliphatic heterocycles. The van der Waals surface area contributed by atoms with Crippen molar-refractivity contribution in [3.05, 3.63) is 11.1 Å². The highest BCUT2D eigenvalue weighted by Crippen LogP contribution is 2.31. The first kappa shape index (κ1) is 5.54. The van der Waals surface area contributed by atoms with Crippen LogP contribution in [0.3, 0.4) is 0 Å². The second-order valence-electron chi connectivity index (χ2n) is 2.41. The molecule has 1 unspecified atom stereocenters. The Morgan fingerprint density at radius 3 is 2.38 bits per heavy atom. The van der Waals surface area contributed by atoms with Crippen LogP contribution in [-0.4, -0.2) is 6.29 Å². The summed E-state index contributed by atoms with van der Waals surface area (Å²) in [6.45, 7) is 4.10. The minimum atomic E-state index is 0.259. The fraction of sp³-hybridized carbons (Fsp3) is 0.571. The van der Waals surface area contributed by atoms with E-state index in [-0.39, 0.29) is 5.92 Å². The Bertz CT molecular complexity index is 144. The number of carbonyl (C=O) groups is 1. The highest BCUT2D eigenvalue weighted by Gasteiger charge is 2.21. The topological polar surface area (TPSA) is 17.1 Å². The molecule has 1 nitrogen and oxygen atoms in total. The second-order valence-corrected chi connectivity index (χ2v) is 2.41. The van der Waals surface area contributed by atoms with Gasteiger partial charge in [0.1, 0.15) is 6.29 Å². The van der Waals surface area contributed by atoms with Gasteiger partial charge in [-0.1, -0.05) is 11.1 Å². The van der Waals surface area contributed by atoms with Crippen LogP contribution in [-0.2, 0) is 4.79 Å². The molecule has 1 aliphatic carbocycles. The van der Waals surface area contributed by atoms with Gasteiger partial charge < -0.3 is 4.79 Å². The van der Waals surface area contributed by atoms with Gasteiger partial charge in [-0.05, 0) is 20.3 Å². The van der Waals surface area contributed by atoms with Gasteiger partial charge in [-0.2, -0.15) is 0 Å². The van der Waals surface area contributed by atoms with Crippen LogP contribution in [0.25, 0.3) is 0 Å². The molecule has 1 atom stereocenters. The van der Waals surface area contributed by atoms with E-state index in [1.807, 2.05) is 6.92 Å². The largest absolute Gasteiger partial charge is 0.303 e. The van der Waals surface area contributed by atoms with E-state index < -0.39 is 0 Å². The monoisotopic (exact) mass is 110 g/mol. The van der Waals surface area contributed by atoms with Crippen molar-refractivity contribution in [1.29, 1.82) is 0 Å². The first-order valence-corrected chi connectivity index (χ1v) is 2.87. The molecule has 0 aromatic carbocycles. The summed E-state index contributed by atoms with van der Waals surface area (Å²) in [6, 6.07) is 0. The lowest BCUT2D eigenvalue weighted by Crippen LogP contribution is -2.15. The highest BCUT2D eigenvalue weighted by atomic mass is 16.1. The zero-order chi connectivity index (χ0) is 6.15. The zero-order valence-corrected chi connectivity index (χ0v) is 5.27. The number of rotatable bonds is 1. The van der Waals surface area contributed by atoms with E-state index in [1.54, 1.807) is 0 Å². The third-order valence-corrected chi connectivity index (χ3v) is 1.92. The van der Waals surface area contributed by atoms with Crippen molar-refractivity contribution in [3.63, 3.8) is 0 Å². The summed E-state index contributed by atoms with van der Waals surface area (Å²) in [5.74, 6) is 0.259. The molecule has 1 heteroatoms. The number of hydrogen-bond donors (Lipinski definition) is 0. The van der Waals surface area contributed by atoms with Crippen molar-refractivity contribution in [2.75, 3.05) is 0 Å². The molecule has 0 heterocycles. The quantitative estimate of drug-likeness (QED) is 0.369. The van der Waals surface area contributed by atoms with Gasteiger partial charge in [0.25, 0.3) is 0 Å². The molecule has 8 heavy (non-hydrogen) atoms. The van der Waals surface area contributed by atoms with Gasteiger partial charge in [0.2, 0.25) is 0 Å². The van der Waals surface area contributed by atoms with E-state index in [0.717, 1.165) is 12.7 Å². The molecular weight excluding hydrogens is 100 g/mol. The third kappa shape index (κ3) is 0.585. The van der Waals surface area contributed by atoms with Crippen molar-refractivity contribution in [2.45, 2.75) is 20.3 Å². The minimum Gasteiger partial charge on any atom is -0.303 e. The average Bonchev–Trinajstić information content (AvgIpc) is 1.81. The lowest BCUT2D eigenvalue weighted by molar-refractivity contribution is -0.110. The fourth-order valence-corrected chi connectivity index (χ4v) is 0.980. The molecule has 44 valence electrons. The Kier molecular flexibility index (Phi) is 1.20. The van der Waals surface area contributed by atoms with Crippen LogP contribution in [0.4, 0.5) is 0 Å². The second kappa shape index (κ2) is 1.73. The summed E-state index contributed by atoms with van der Waals surface area (Å²) in [4.78, 5) is 10.1. The Hall–Kier alpha value is -0.590. The van der Waals surface area contributed by atoms with E-state index in [2.05, 4.69) is 6.92 Å². The summed E-state index contributed by atoms with van der Waals surface area (Å²) < 4.78 is 0. The molecule has 1 aliphatic rings. The zero-order valence-electron chi connectivity index (χ0n) is 5.27. The van der Waals surface area contributed by atoms with Crippen molar-refractivity contribution in [1.82, 2.24) is 0 Å². The van der Waals surface area contributed by atoms with Gasteiger partial charge in [0.05, 0.1) is 0 Å². The molecule has 0 aromatic heterocycles. The standard InChI is InChI=1S/C7H10O/c1-5-3-7(4-8)6(5)2/h4,7H,3H2,1-2H3. The molecule has 0 bridgehead atoms. The van der Waals surface area contributed by atoms with E-state index in [0.29, 0.717) is 0 Å². The average molecular weight is 110 g/mol. The molecule has 0 aromatic rings. The maximum Gasteiger partial charge on any atom is 0.127 e. The van der Waals surface area contributed by atoms with Crippen LogP contribution >= 0.6 is 0 Å². The molecule has 0 radical (unpaired) electrons. The summed E-state index contributed by atoms with van der Waals surface area (Å²) in [7, 11) is 0. The molecule has 0 amide bonds. The SMILES string of the molecule is CC1=C(C)C(C=O)C1. The van der Waals surface area contributed by atoms with Crippen molar-refractivity contribution >= 4 is 6.29 Å². The van der Waals surface area contributed by atoms with Crippen LogP contribution in [0.2, 0.25) is 0 Å². The normalized spacial score (nSPS) is 27.5. The predicted molar refractivity (Wildman–Crippen MR) is 32.5 cm³/mol. The first-order chi connectivity index (χ1) is 3.75. The maximum atomic E-state index is 10.1. The van der Waals surface area contributed by atoms with Gasteiger partial charge in [0.15, 0.2) is 0 Å². The predicted octanol–water partition coefficient (Wildman–Crippen LogP) is 1.54. The Balaban J connectivity index is 2.65. The third-order valence-electron chi connectivity index (χ3n) is 1.92. The fourth-order valence-electron chi connectivity index (χ4n) is 0.980. The minimum absolute atomic E-state index is 0.259. The first-order valence-electron chi connectivity index (χ1n) is 2.87. The van der Waals surface area contributed by atoms with Crippen LogP contribution in [0, 0.1) is 5.92 Å². The van der Waals surface area contributed by atoms with Gasteiger partial charge in [-0.25, -0.2) is 0 Å². The molecule has 0 saturated carbocycles. The van der Waals surface area contributed by atoms with Crippen molar-refractivity contribution in [3.8, 4) is 0 Å². The molecule has 0 fully saturated rings. The lowest BCUT2D eigenvalue weighted by atomic mass is 9.80.